The van der Waals surface area contributed by atoms with Gasteiger partial charge >= 0.3 is 0 Å². The van der Waals surface area contributed by atoms with E-state index in [2.05, 4.69) is 49.9 Å². The van der Waals surface area contributed by atoms with E-state index in [9.17, 15) is 0 Å². The van der Waals surface area contributed by atoms with Crippen LogP contribution in [0.25, 0.3) is 0 Å². The Morgan fingerprint density at radius 1 is 1.29 bits per heavy atom. The van der Waals surface area contributed by atoms with Crippen LogP contribution in [-0.2, 0) is 0 Å². The van der Waals surface area contributed by atoms with Gasteiger partial charge in [0, 0.05) is 18.3 Å². The first-order valence-corrected chi connectivity index (χ1v) is 6.70. The van der Waals surface area contributed by atoms with E-state index in [4.69, 9.17) is 5.73 Å². The summed E-state index contributed by atoms with van der Waals surface area (Å²) >= 11 is 0. The Hall–Kier alpha value is -1.02. The summed E-state index contributed by atoms with van der Waals surface area (Å²) < 4.78 is 0. The van der Waals surface area contributed by atoms with Crippen molar-refractivity contribution in [3.63, 3.8) is 0 Å². The smallest absolute Gasteiger partial charge is 0.0368 e. The lowest BCUT2D eigenvalue weighted by Gasteiger charge is -2.26. The molecule has 0 aliphatic carbocycles. The van der Waals surface area contributed by atoms with Gasteiger partial charge in [-0.25, -0.2) is 0 Å². The van der Waals surface area contributed by atoms with Gasteiger partial charge in [0.05, 0.1) is 0 Å². The van der Waals surface area contributed by atoms with Gasteiger partial charge in [0.25, 0.3) is 0 Å². The molecule has 1 aliphatic rings. The van der Waals surface area contributed by atoms with Gasteiger partial charge in [0.1, 0.15) is 0 Å². The zero-order valence-corrected chi connectivity index (χ0v) is 11.2. The second-order valence-electron chi connectivity index (χ2n) is 5.46. The molecule has 1 aromatic rings. The van der Waals surface area contributed by atoms with E-state index in [1.807, 2.05) is 0 Å². The van der Waals surface area contributed by atoms with Crippen molar-refractivity contribution >= 4 is 5.69 Å². The summed E-state index contributed by atoms with van der Waals surface area (Å²) in [6, 6.07) is 9.59. The van der Waals surface area contributed by atoms with Crippen LogP contribution in [0.2, 0.25) is 0 Å². The molecule has 0 radical (unpaired) electrons. The maximum absolute atomic E-state index is 5.80. The van der Waals surface area contributed by atoms with Crippen LogP contribution in [0.4, 0.5) is 5.69 Å². The van der Waals surface area contributed by atoms with Crippen molar-refractivity contribution in [2.45, 2.75) is 39.2 Å². The van der Waals surface area contributed by atoms with Crippen LogP contribution >= 0.6 is 0 Å². The maximum atomic E-state index is 5.80. The summed E-state index contributed by atoms with van der Waals surface area (Å²) in [5.41, 5.74) is 8.56. The second kappa shape index (κ2) is 5.09. The summed E-state index contributed by atoms with van der Waals surface area (Å²) in [7, 11) is 0. The Morgan fingerprint density at radius 3 is 2.41 bits per heavy atom. The lowest BCUT2D eigenvalue weighted by atomic mass is 10.0. The minimum Gasteiger partial charge on any atom is -0.368 e. The maximum Gasteiger partial charge on any atom is 0.0368 e. The second-order valence-corrected chi connectivity index (χ2v) is 5.46. The fraction of sp³-hybridized carbons (Fsp3) is 0.600. The molecule has 2 rings (SSSR count). The highest BCUT2D eigenvalue weighted by Crippen LogP contribution is 2.30. The zero-order valence-electron chi connectivity index (χ0n) is 11.2. The number of nitrogens with zero attached hydrogens (tertiary/aromatic N) is 1. The number of anilines is 1. The molecule has 1 aromatic carbocycles. The summed E-state index contributed by atoms with van der Waals surface area (Å²) in [5, 5.41) is 0. The molecule has 0 aromatic heterocycles. The van der Waals surface area contributed by atoms with Gasteiger partial charge in [0.2, 0.25) is 0 Å². The topological polar surface area (TPSA) is 29.3 Å². The Balaban J connectivity index is 2.13. The normalized spacial score (nSPS) is 24.6. The van der Waals surface area contributed by atoms with Crippen LogP contribution in [0.1, 0.15) is 38.7 Å². The van der Waals surface area contributed by atoms with Crippen LogP contribution in [0, 0.1) is 5.92 Å². The Morgan fingerprint density at radius 2 is 1.94 bits per heavy atom. The molecule has 2 nitrogen and oxygen atoms in total. The number of hydrogen-bond donors (Lipinski definition) is 1. The number of rotatable bonds is 3. The SMILES string of the molecule is CC(C)c1ccc(N2CCC(CN)C2C)cc1. The number of nitrogens with two attached hydrogens (primary N) is 1. The summed E-state index contributed by atoms with van der Waals surface area (Å²) in [6.45, 7) is 8.71. The van der Waals surface area contributed by atoms with E-state index in [1.54, 1.807) is 0 Å². The highest BCUT2D eigenvalue weighted by molar-refractivity contribution is 5.50. The largest absolute Gasteiger partial charge is 0.368 e. The van der Waals surface area contributed by atoms with E-state index in [0.717, 1.165) is 13.1 Å². The minimum absolute atomic E-state index is 0.574. The van der Waals surface area contributed by atoms with E-state index >= 15 is 0 Å². The molecule has 94 valence electrons. The molecular weight excluding hydrogens is 208 g/mol. The summed E-state index contributed by atoms with van der Waals surface area (Å²) in [4.78, 5) is 2.49. The molecule has 0 bridgehead atoms. The van der Waals surface area contributed by atoms with Crippen molar-refractivity contribution < 1.29 is 0 Å². The highest BCUT2D eigenvalue weighted by Gasteiger charge is 2.29. The predicted molar refractivity (Wildman–Crippen MR) is 74.5 cm³/mol. The van der Waals surface area contributed by atoms with Crippen LogP contribution in [0.15, 0.2) is 24.3 Å². The van der Waals surface area contributed by atoms with Crippen molar-refractivity contribution in [3.8, 4) is 0 Å². The molecule has 2 atom stereocenters. The van der Waals surface area contributed by atoms with Gasteiger partial charge in [-0.05, 0) is 49.4 Å². The summed E-state index contributed by atoms with van der Waals surface area (Å²) in [5.74, 6) is 1.26. The third kappa shape index (κ3) is 2.47. The third-order valence-electron chi connectivity index (χ3n) is 4.11. The third-order valence-corrected chi connectivity index (χ3v) is 4.11. The average molecular weight is 232 g/mol. The molecule has 1 saturated heterocycles. The Labute approximate surface area is 105 Å². The first kappa shape index (κ1) is 12.4. The minimum atomic E-state index is 0.574. The van der Waals surface area contributed by atoms with Gasteiger partial charge in [-0.2, -0.15) is 0 Å². The average Bonchev–Trinajstić information content (AvgIpc) is 2.70. The van der Waals surface area contributed by atoms with Crippen LogP contribution in [0.5, 0.6) is 0 Å². The van der Waals surface area contributed by atoms with Crippen molar-refractivity contribution in [1.82, 2.24) is 0 Å². The predicted octanol–water partition coefficient (Wildman–Crippen LogP) is 2.98. The lowest BCUT2D eigenvalue weighted by molar-refractivity contribution is 0.508. The van der Waals surface area contributed by atoms with Gasteiger partial charge in [0.15, 0.2) is 0 Å². The molecule has 2 unspecified atom stereocenters. The fourth-order valence-corrected chi connectivity index (χ4v) is 2.73. The van der Waals surface area contributed by atoms with Crippen LogP contribution in [-0.4, -0.2) is 19.1 Å². The van der Waals surface area contributed by atoms with Gasteiger partial charge < -0.3 is 10.6 Å². The van der Waals surface area contributed by atoms with E-state index in [1.165, 1.54) is 17.7 Å². The number of hydrogen-bond acceptors (Lipinski definition) is 2. The quantitative estimate of drug-likeness (QED) is 0.868. The standard InChI is InChI=1S/C15H24N2/c1-11(2)13-4-6-15(7-5-13)17-9-8-14(10-16)12(17)3/h4-7,11-12,14H,8-10,16H2,1-3H3. The number of benzene rings is 1. The van der Waals surface area contributed by atoms with Crippen molar-refractivity contribution in [3.05, 3.63) is 29.8 Å². The Kier molecular flexibility index (Phi) is 3.72. The van der Waals surface area contributed by atoms with Crippen molar-refractivity contribution in [2.24, 2.45) is 11.7 Å². The molecule has 0 spiro atoms. The van der Waals surface area contributed by atoms with E-state index in [-0.39, 0.29) is 0 Å². The molecule has 1 aliphatic heterocycles. The van der Waals surface area contributed by atoms with Crippen LogP contribution in [0.3, 0.4) is 0 Å². The van der Waals surface area contributed by atoms with E-state index < -0.39 is 0 Å². The molecule has 1 heterocycles. The lowest BCUT2D eigenvalue weighted by Crippen LogP contribution is -2.32. The van der Waals surface area contributed by atoms with Crippen molar-refractivity contribution in [2.75, 3.05) is 18.0 Å². The first-order chi connectivity index (χ1) is 8.13. The Bertz CT molecular complexity index is 356. The molecule has 17 heavy (non-hydrogen) atoms. The van der Waals surface area contributed by atoms with Crippen LogP contribution < -0.4 is 10.6 Å². The highest BCUT2D eigenvalue weighted by atomic mass is 15.2. The van der Waals surface area contributed by atoms with Crippen molar-refractivity contribution in [1.29, 1.82) is 0 Å². The van der Waals surface area contributed by atoms with Gasteiger partial charge in [-0.3, -0.25) is 0 Å². The van der Waals surface area contributed by atoms with E-state index in [0.29, 0.717) is 17.9 Å². The molecule has 2 N–H and O–H groups in total. The van der Waals surface area contributed by atoms with Gasteiger partial charge in [-0.1, -0.05) is 26.0 Å². The fourth-order valence-electron chi connectivity index (χ4n) is 2.73. The molecule has 2 heteroatoms. The monoisotopic (exact) mass is 232 g/mol. The first-order valence-electron chi connectivity index (χ1n) is 6.70. The molecular formula is C15H24N2. The molecule has 0 amide bonds. The van der Waals surface area contributed by atoms with Gasteiger partial charge in [-0.15, -0.1) is 0 Å². The molecule has 1 fully saturated rings. The zero-order chi connectivity index (χ0) is 12.4. The summed E-state index contributed by atoms with van der Waals surface area (Å²) in [6.07, 6.45) is 1.23. The molecule has 0 saturated carbocycles.